The maximum absolute atomic E-state index is 13.4. The topological polar surface area (TPSA) is 89.5 Å². The zero-order valence-corrected chi connectivity index (χ0v) is 14.1. The number of halogens is 4. The molecule has 0 saturated carbocycles. The number of alkyl halides is 2. The van der Waals surface area contributed by atoms with Gasteiger partial charge in [-0.25, -0.2) is 22.0 Å². The first kappa shape index (κ1) is 20.4. The minimum Gasteiger partial charge on any atom is -0.452 e. The van der Waals surface area contributed by atoms with Gasteiger partial charge >= 0.3 is 11.7 Å². The summed E-state index contributed by atoms with van der Waals surface area (Å²) in [5.41, 5.74) is -0.923. The summed E-state index contributed by atoms with van der Waals surface area (Å²) < 4.78 is 78.8. The molecule has 2 aromatic carbocycles. The number of nitrogens with one attached hydrogen (secondary N) is 1. The molecule has 27 heavy (non-hydrogen) atoms. The van der Waals surface area contributed by atoms with Gasteiger partial charge in [0.1, 0.15) is 17.3 Å². The first-order valence-electron chi connectivity index (χ1n) is 7.16. The van der Waals surface area contributed by atoms with Crippen molar-refractivity contribution in [2.75, 3.05) is 11.9 Å². The lowest BCUT2D eigenvalue weighted by Crippen LogP contribution is -2.22. The second-order valence-corrected chi connectivity index (χ2v) is 6.97. The number of carbonyl (C=O) groups is 2. The number of hydrogen-bond acceptors (Lipinski definition) is 5. The van der Waals surface area contributed by atoms with Gasteiger partial charge in [0.25, 0.3) is 5.91 Å². The first-order valence-corrected chi connectivity index (χ1v) is 8.70. The number of ether oxygens (including phenoxy) is 1. The van der Waals surface area contributed by atoms with E-state index in [-0.39, 0.29) is 5.56 Å². The van der Waals surface area contributed by atoms with Crippen molar-refractivity contribution in [3.05, 3.63) is 59.7 Å². The molecule has 0 unspecified atom stereocenters. The molecular formula is C16H11F4NO5S. The molecule has 0 aliphatic carbocycles. The second kappa shape index (κ2) is 8.16. The Hall–Kier alpha value is -2.95. The quantitative estimate of drug-likeness (QED) is 0.590. The highest BCUT2D eigenvalue weighted by molar-refractivity contribution is 7.91. The Morgan fingerprint density at radius 1 is 1.00 bits per heavy atom. The highest BCUT2D eigenvalue weighted by atomic mass is 32.2. The van der Waals surface area contributed by atoms with Crippen molar-refractivity contribution in [3.63, 3.8) is 0 Å². The lowest BCUT2D eigenvalue weighted by Gasteiger charge is -2.08. The van der Waals surface area contributed by atoms with Gasteiger partial charge in [-0.1, -0.05) is 6.07 Å². The Morgan fingerprint density at radius 3 is 2.07 bits per heavy atom. The van der Waals surface area contributed by atoms with E-state index >= 15 is 0 Å². The van der Waals surface area contributed by atoms with Gasteiger partial charge in [0.05, 0.1) is 10.5 Å². The van der Waals surface area contributed by atoms with Crippen molar-refractivity contribution in [1.29, 1.82) is 0 Å². The smallest absolute Gasteiger partial charge is 0.341 e. The van der Waals surface area contributed by atoms with Gasteiger partial charge in [-0.15, -0.1) is 0 Å². The van der Waals surface area contributed by atoms with Crippen LogP contribution in [0, 0.1) is 11.6 Å². The Kier molecular flexibility index (Phi) is 6.16. The molecule has 6 nitrogen and oxygen atoms in total. The lowest BCUT2D eigenvalue weighted by atomic mass is 10.2. The monoisotopic (exact) mass is 405 g/mol. The summed E-state index contributed by atoms with van der Waals surface area (Å²) in [7, 11) is -4.81. The van der Waals surface area contributed by atoms with E-state index in [0.717, 1.165) is 42.5 Å². The molecule has 0 bridgehead atoms. The van der Waals surface area contributed by atoms with Gasteiger partial charge in [-0.3, -0.25) is 4.79 Å². The second-order valence-electron chi connectivity index (χ2n) is 5.05. The summed E-state index contributed by atoms with van der Waals surface area (Å²) >= 11 is 0. The largest absolute Gasteiger partial charge is 0.452 e. The van der Waals surface area contributed by atoms with Gasteiger partial charge in [0, 0.05) is 0 Å². The van der Waals surface area contributed by atoms with E-state index in [4.69, 9.17) is 0 Å². The van der Waals surface area contributed by atoms with Crippen LogP contribution in [-0.2, 0) is 19.4 Å². The minimum atomic E-state index is -4.81. The fourth-order valence-electron chi connectivity index (χ4n) is 1.89. The Labute approximate surface area is 150 Å². The standard InChI is InChI=1S/C16H11F4NO5S/c17-11-2-1-3-12(18)14(11)21-13(22)8-26-15(23)9-4-6-10(7-5-9)27(24,25)16(19)20/h1-7,16H,8H2,(H,21,22). The molecule has 144 valence electrons. The zero-order valence-electron chi connectivity index (χ0n) is 13.3. The number of anilines is 1. The maximum Gasteiger partial charge on any atom is 0.341 e. The zero-order chi connectivity index (χ0) is 20.2. The number of para-hydroxylation sites is 1. The highest BCUT2D eigenvalue weighted by Gasteiger charge is 2.26. The molecular weight excluding hydrogens is 394 g/mol. The summed E-state index contributed by atoms with van der Waals surface area (Å²) in [6.07, 6.45) is 0. The third-order valence-corrected chi connectivity index (χ3v) is 4.61. The molecule has 2 rings (SSSR count). The third kappa shape index (κ3) is 4.82. The van der Waals surface area contributed by atoms with Crippen LogP contribution in [0.1, 0.15) is 10.4 Å². The number of sulfone groups is 1. The molecule has 0 aliphatic heterocycles. The molecule has 0 heterocycles. The first-order chi connectivity index (χ1) is 12.6. The van der Waals surface area contributed by atoms with Crippen LogP contribution in [0.15, 0.2) is 47.4 Å². The van der Waals surface area contributed by atoms with E-state index in [1.165, 1.54) is 0 Å². The Balaban J connectivity index is 1.98. The molecule has 0 aromatic heterocycles. The average Bonchev–Trinajstić information content (AvgIpc) is 2.63. The molecule has 1 amide bonds. The highest BCUT2D eigenvalue weighted by Crippen LogP contribution is 2.19. The number of esters is 1. The van der Waals surface area contributed by atoms with Crippen molar-refractivity contribution in [3.8, 4) is 0 Å². The van der Waals surface area contributed by atoms with Crippen LogP contribution in [0.5, 0.6) is 0 Å². The number of rotatable bonds is 6. The van der Waals surface area contributed by atoms with Crippen LogP contribution in [-0.4, -0.2) is 32.7 Å². The Bertz CT molecular complexity index is 941. The predicted molar refractivity (Wildman–Crippen MR) is 84.9 cm³/mol. The Morgan fingerprint density at radius 2 is 1.56 bits per heavy atom. The molecule has 11 heteroatoms. The van der Waals surface area contributed by atoms with Gasteiger partial charge in [-0.2, -0.15) is 8.78 Å². The van der Waals surface area contributed by atoms with Crippen LogP contribution >= 0.6 is 0 Å². The molecule has 0 spiro atoms. The number of benzene rings is 2. The van der Waals surface area contributed by atoms with Crippen LogP contribution in [0.25, 0.3) is 0 Å². The van der Waals surface area contributed by atoms with Gasteiger partial charge in [-0.05, 0) is 36.4 Å². The maximum atomic E-state index is 13.4. The minimum absolute atomic E-state index is 0.215. The van der Waals surface area contributed by atoms with Gasteiger partial charge in [0.15, 0.2) is 6.61 Å². The number of amides is 1. The van der Waals surface area contributed by atoms with Crippen molar-refractivity contribution in [2.24, 2.45) is 0 Å². The molecule has 0 fully saturated rings. The van der Waals surface area contributed by atoms with E-state index < -0.39 is 56.3 Å². The summed E-state index contributed by atoms with van der Waals surface area (Å²) in [5.74, 6) is -7.75. The van der Waals surface area contributed by atoms with E-state index in [9.17, 15) is 35.6 Å². The summed E-state index contributed by atoms with van der Waals surface area (Å²) in [4.78, 5) is 22.7. The fraction of sp³-hybridized carbons (Fsp3) is 0.125. The van der Waals surface area contributed by atoms with Crippen molar-refractivity contribution in [2.45, 2.75) is 10.7 Å². The summed E-state index contributed by atoms with van der Waals surface area (Å²) in [6.45, 7) is -0.885. The number of hydrogen-bond donors (Lipinski definition) is 1. The lowest BCUT2D eigenvalue weighted by molar-refractivity contribution is -0.119. The van der Waals surface area contributed by atoms with E-state index in [0.29, 0.717) is 0 Å². The summed E-state index contributed by atoms with van der Waals surface area (Å²) in [5, 5.41) is 1.90. The molecule has 1 N–H and O–H groups in total. The van der Waals surface area contributed by atoms with Crippen molar-refractivity contribution < 1.29 is 40.3 Å². The average molecular weight is 405 g/mol. The van der Waals surface area contributed by atoms with Crippen LogP contribution in [0.4, 0.5) is 23.2 Å². The summed E-state index contributed by atoms with van der Waals surface area (Å²) in [6, 6.07) is 6.34. The van der Waals surface area contributed by atoms with Crippen molar-refractivity contribution in [1.82, 2.24) is 0 Å². The van der Waals surface area contributed by atoms with Crippen LogP contribution in [0.2, 0.25) is 0 Å². The normalized spacial score (nSPS) is 11.3. The third-order valence-electron chi connectivity index (χ3n) is 3.21. The van der Waals surface area contributed by atoms with E-state index in [2.05, 4.69) is 4.74 Å². The number of carbonyl (C=O) groups excluding carboxylic acids is 2. The van der Waals surface area contributed by atoms with Crippen LogP contribution < -0.4 is 5.32 Å². The van der Waals surface area contributed by atoms with Gasteiger partial charge < -0.3 is 10.1 Å². The SMILES string of the molecule is O=C(COC(=O)c1ccc(S(=O)(=O)C(F)F)cc1)Nc1c(F)cccc1F. The van der Waals surface area contributed by atoms with E-state index in [1.54, 1.807) is 0 Å². The molecule has 2 aromatic rings. The van der Waals surface area contributed by atoms with Gasteiger partial charge in [0.2, 0.25) is 9.84 Å². The molecule has 0 atom stereocenters. The van der Waals surface area contributed by atoms with Crippen LogP contribution in [0.3, 0.4) is 0 Å². The predicted octanol–water partition coefficient (Wildman–Crippen LogP) is 2.76. The molecule has 0 aliphatic rings. The fourth-order valence-corrected chi connectivity index (χ4v) is 2.61. The van der Waals surface area contributed by atoms with E-state index in [1.807, 2.05) is 5.32 Å². The molecule has 0 radical (unpaired) electrons. The van der Waals surface area contributed by atoms with Crippen molar-refractivity contribution >= 4 is 27.4 Å². The molecule has 0 saturated heterocycles.